The maximum Gasteiger partial charge on any atom is 0.223 e. The molecule has 18 heavy (non-hydrogen) atoms. The maximum atomic E-state index is 5.58. The van der Waals surface area contributed by atoms with Crippen molar-refractivity contribution in [2.75, 3.05) is 18.4 Å². The van der Waals surface area contributed by atoms with Gasteiger partial charge < -0.3 is 27.8 Å². The molecule has 7 heteroatoms. The summed E-state index contributed by atoms with van der Waals surface area (Å²) in [6.45, 7) is 2.64. The Balaban J connectivity index is 2.25. The van der Waals surface area contributed by atoms with Crippen molar-refractivity contribution in [1.82, 2.24) is 5.32 Å². The number of hydrogen-bond donors (Lipinski definition) is 5. The lowest BCUT2D eigenvalue weighted by Gasteiger charge is -2.07. The first-order valence-corrected chi connectivity index (χ1v) is 5.66. The predicted octanol–water partition coefficient (Wildman–Crippen LogP) is -0.579. The standard InChI is InChI=1S/C11H17N7/c12-10(13)18-11(14)17-8-1-2-9-7(5-8)6-15-3-4-16-9/h1-2,5,15-16H,3-4,6H2,(H6,12,13,14,17,18). The third-order valence-electron chi connectivity index (χ3n) is 2.51. The highest BCUT2D eigenvalue weighted by molar-refractivity contribution is 5.93. The second kappa shape index (κ2) is 5.37. The Labute approximate surface area is 105 Å². The second-order valence-corrected chi connectivity index (χ2v) is 3.95. The number of fused-ring (bicyclic) bond motifs is 1. The summed E-state index contributed by atoms with van der Waals surface area (Å²) < 4.78 is 0. The summed E-state index contributed by atoms with van der Waals surface area (Å²) in [5.41, 5.74) is 19.0. The molecule has 1 aromatic carbocycles. The zero-order valence-corrected chi connectivity index (χ0v) is 9.98. The van der Waals surface area contributed by atoms with E-state index in [-0.39, 0.29) is 11.9 Å². The average Bonchev–Trinajstić information content (AvgIpc) is 2.52. The normalized spacial score (nSPS) is 15.2. The molecule has 1 heterocycles. The van der Waals surface area contributed by atoms with Crippen molar-refractivity contribution in [3.05, 3.63) is 23.8 Å². The molecule has 0 saturated carbocycles. The fraction of sp³-hybridized carbons (Fsp3) is 0.273. The molecule has 0 aliphatic carbocycles. The van der Waals surface area contributed by atoms with E-state index in [0.717, 1.165) is 36.6 Å². The van der Waals surface area contributed by atoms with Gasteiger partial charge in [-0.15, -0.1) is 0 Å². The summed E-state index contributed by atoms with van der Waals surface area (Å²) in [5, 5.41) is 6.63. The van der Waals surface area contributed by atoms with Crippen LogP contribution >= 0.6 is 0 Å². The van der Waals surface area contributed by atoms with Gasteiger partial charge in [0.25, 0.3) is 0 Å². The molecule has 0 amide bonds. The third kappa shape index (κ3) is 3.11. The highest BCUT2D eigenvalue weighted by Crippen LogP contribution is 2.23. The smallest absolute Gasteiger partial charge is 0.223 e. The van der Waals surface area contributed by atoms with Gasteiger partial charge in [-0.2, -0.15) is 4.99 Å². The van der Waals surface area contributed by atoms with Crippen LogP contribution in [0.15, 0.2) is 28.2 Å². The SMILES string of the molecule is NC(N)=NC(N)=Nc1ccc2c(c1)CNCCN2. The molecular formula is C11H17N7. The van der Waals surface area contributed by atoms with Gasteiger partial charge in [0.05, 0.1) is 5.69 Å². The zero-order valence-electron chi connectivity index (χ0n) is 9.98. The molecule has 0 bridgehead atoms. The van der Waals surface area contributed by atoms with Gasteiger partial charge in [-0.05, 0) is 23.8 Å². The Bertz CT molecular complexity index is 488. The highest BCUT2D eigenvalue weighted by atomic mass is 15.1. The Hall–Kier alpha value is -2.28. The number of hydrogen-bond acceptors (Lipinski definition) is 3. The molecule has 0 spiro atoms. The summed E-state index contributed by atoms with van der Waals surface area (Å²) in [7, 11) is 0. The first-order valence-electron chi connectivity index (χ1n) is 5.66. The van der Waals surface area contributed by atoms with Crippen LogP contribution in [0.3, 0.4) is 0 Å². The topological polar surface area (TPSA) is 127 Å². The molecule has 0 aromatic heterocycles. The Morgan fingerprint density at radius 1 is 1.17 bits per heavy atom. The quantitative estimate of drug-likeness (QED) is 0.335. The van der Waals surface area contributed by atoms with Crippen LogP contribution in [0.4, 0.5) is 11.4 Å². The van der Waals surface area contributed by atoms with Crippen molar-refractivity contribution in [3.63, 3.8) is 0 Å². The predicted molar refractivity (Wildman–Crippen MR) is 73.7 cm³/mol. The van der Waals surface area contributed by atoms with Crippen molar-refractivity contribution in [2.24, 2.45) is 27.2 Å². The van der Waals surface area contributed by atoms with Gasteiger partial charge in [0.15, 0.2) is 5.96 Å². The van der Waals surface area contributed by atoms with Gasteiger partial charge in [0, 0.05) is 25.3 Å². The molecule has 0 saturated heterocycles. The largest absolute Gasteiger partial charge is 0.384 e. The number of rotatable bonds is 1. The Morgan fingerprint density at radius 2 is 2.00 bits per heavy atom. The Kier molecular flexibility index (Phi) is 3.63. The van der Waals surface area contributed by atoms with Crippen LogP contribution in [-0.4, -0.2) is 25.0 Å². The minimum Gasteiger partial charge on any atom is -0.384 e. The molecule has 0 fully saturated rings. The monoisotopic (exact) mass is 247 g/mol. The van der Waals surface area contributed by atoms with Crippen molar-refractivity contribution < 1.29 is 0 Å². The zero-order chi connectivity index (χ0) is 13.0. The molecule has 7 nitrogen and oxygen atoms in total. The first-order chi connectivity index (χ1) is 8.65. The molecule has 2 rings (SSSR count). The van der Waals surface area contributed by atoms with Gasteiger partial charge in [0.1, 0.15) is 0 Å². The van der Waals surface area contributed by atoms with E-state index < -0.39 is 0 Å². The third-order valence-corrected chi connectivity index (χ3v) is 2.51. The first kappa shape index (κ1) is 12.2. The number of benzene rings is 1. The summed E-state index contributed by atoms with van der Waals surface area (Å²) in [4.78, 5) is 7.80. The van der Waals surface area contributed by atoms with Crippen molar-refractivity contribution in [3.8, 4) is 0 Å². The number of nitrogens with two attached hydrogens (primary N) is 3. The lowest BCUT2D eigenvalue weighted by molar-refractivity contribution is 0.725. The maximum absolute atomic E-state index is 5.58. The van der Waals surface area contributed by atoms with Crippen molar-refractivity contribution >= 4 is 23.3 Å². The molecule has 8 N–H and O–H groups in total. The summed E-state index contributed by atoms with van der Waals surface area (Å²) >= 11 is 0. The van der Waals surface area contributed by atoms with Crippen LogP contribution in [0, 0.1) is 0 Å². The van der Waals surface area contributed by atoms with Gasteiger partial charge in [-0.25, -0.2) is 4.99 Å². The van der Waals surface area contributed by atoms with Gasteiger partial charge in [-0.3, -0.25) is 0 Å². The number of nitrogens with zero attached hydrogens (tertiary/aromatic N) is 2. The van der Waals surface area contributed by atoms with Crippen LogP contribution in [0.2, 0.25) is 0 Å². The minimum atomic E-state index is -0.102. The number of anilines is 1. The fourth-order valence-corrected chi connectivity index (χ4v) is 1.77. The molecule has 1 aliphatic rings. The number of aliphatic imine (C=N–C) groups is 2. The van der Waals surface area contributed by atoms with E-state index in [4.69, 9.17) is 17.2 Å². The van der Waals surface area contributed by atoms with Gasteiger partial charge >= 0.3 is 0 Å². The molecule has 96 valence electrons. The van der Waals surface area contributed by atoms with E-state index in [2.05, 4.69) is 20.6 Å². The van der Waals surface area contributed by atoms with Crippen LogP contribution in [0.5, 0.6) is 0 Å². The number of guanidine groups is 2. The molecule has 1 aromatic rings. The van der Waals surface area contributed by atoms with Crippen molar-refractivity contribution in [1.29, 1.82) is 0 Å². The van der Waals surface area contributed by atoms with Crippen LogP contribution in [0.1, 0.15) is 5.56 Å². The van der Waals surface area contributed by atoms with E-state index in [1.54, 1.807) is 0 Å². The van der Waals surface area contributed by atoms with Crippen LogP contribution in [0.25, 0.3) is 0 Å². The van der Waals surface area contributed by atoms with E-state index in [9.17, 15) is 0 Å². The van der Waals surface area contributed by atoms with E-state index in [1.807, 2.05) is 18.2 Å². The molecule has 1 aliphatic heterocycles. The molecule has 0 unspecified atom stereocenters. The van der Waals surface area contributed by atoms with E-state index in [1.165, 1.54) is 0 Å². The van der Waals surface area contributed by atoms with Crippen LogP contribution in [-0.2, 0) is 6.54 Å². The molecule has 0 radical (unpaired) electrons. The summed E-state index contributed by atoms with van der Waals surface area (Å²) in [6, 6.07) is 5.80. The van der Waals surface area contributed by atoms with Gasteiger partial charge in [0.2, 0.25) is 5.96 Å². The molecular weight excluding hydrogens is 230 g/mol. The summed E-state index contributed by atoms with van der Waals surface area (Å²) in [5.74, 6) is -0.0566. The minimum absolute atomic E-state index is 0.0458. The van der Waals surface area contributed by atoms with Crippen LogP contribution < -0.4 is 27.8 Å². The number of nitrogens with one attached hydrogen (secondary N) is 2. The summed E-state index contributed by atoms with van der Waals surface area (Å²) in [6.07, 6.45) is 0. The van der Waals surface area contributed by atoms with E-state index in [0.29, 0.717) is 0 Å². The lowest BCUT2D eigenvalue weighted by atomic mass is 10.1. The second-order valence-electron chi connectivity index (χ2n) is 3.95. The van der Waals surface area contributed by atoms with Gasteiger partial charge in [-0.1, -0.05) is 0 Å². The average molecular weight is 247 g/mol. The lowest BCUT2D eigenvalue weighted by Crippen LogP contribution is -2.26. The highest BCUT2D eigenvalue weighted by Gasteiger charge is 2.07. The fourth-order valence-electron chi connectivity index (χ4n) is 1.77. The van der Waals surface area contributed by atoms with E-state index >= 15 is 0 Å². The van der Waals surface area contributed by atoms with Crippen molar-refractivity contribution in [2.45, 2.75) is 6.54 Å². The molecule has 0 atom stereocenters. The Morgan fingerprint density at radius 3 is 2.78 bits per heavy atom.